The van der Waals surface area contributed by atoms with Crippen LogP contribution in [0.15, 0.2) is 146 Å². The van der Waals surface area contributed by atoms with Crippen molar-refractivity contribution < 1.29 is 21.1 Å². The zero-order valence-corrected chi connectivity index (χ0v) is 27.8. The van der Waals surface area contributed by atoms with Crippen LogP contribution in [0.3, 0.4) is 0 Å². The van der Waals surface area contributed by atoms with Crippen LogP contribution >= 0.6 is 0 Å². The summed E-state index contributed by atoms with van der Waals surface area (Å²) in [6.07, 6.45) is 1.96. The van der Waals surface area contributed by atoms with E-state index in [9.17, 15) is 0 Å². The Morgan fingerprint density at radius 2 is 1.26 bits per heavy atom. The zero-order chi connectivity index (χ0) is 30.6. The van der Waals surface area contributed by atoms with Gasteiger partial charge in [0.1, 0.15) is 0 Å². The molecule has 2 aromatic heterocycles. The van der Waals surface area contributed by atoms with Crippen molar-refractivity contribution in [1.82, 2.24) is 14.3 Å². The molecule has 1 aliphatic rings. The molecule has 0 atom stereocenters. The van der Waals surface area contributed by atoms with E-state index in [-0.39, 0.29) is 21.1 Å². The van der Waals surface area contributed by atoms with Crippen LogP contribution in [0.1, 0.15) is 0 Å². The van der Waals surface area contributed by atoms with E-state index in [0.29, 0.717) is 0 Å². The maximum absolute atomic E-state index is 4.95. The monoisotopic (exact) mass is 785 g/mol. The molecule has 0 unspecified atom stereocenters. The molecule has 0 saturated carbocycles. The van der Waals surface area contributed by atoms with Gasteiger partial charge in [-0.05, 0) is 41.9 Å². The molecule has 0 saturated heterocycles. The van der Waals surface area contributed by atoms with Gasteiger partial charge >= 0.3 is 0 Å². The molecule has 0 aliphatic carbocycles. The minimum absolute atomic E-state index is 0. The fourth-order valence-corrected chi connectivity index (χ4v) is 6.66. The Morgan fingerprint density at radius 1 is 0.574 bits per heavy atom. The standard InChI is InChI=1S/C41H28N5.Pt/c1-43-28-44(39-22-11-10-21-38(39)43)31-17-12-18-32(25-31)45-37-20-9-8-19-34(37)35-24-23-33(26-40(35)45)46-41(30-15-6-3-7-16-30)36(27-42-46)29-13-4-2-5-14-29;/h2-24,27-28H,1H3;/q-3;. The maximum Gasteiger partial charge on any atom is 0.0794 e. The van der Waals surface area contributed by atoms with Gasteiger partial charge in [-0.1, -0.05) is 102 Å². The van der Waals surface area contributed by atoms with Crippen LogP contribution in [0.5, 0.6) is 0 Å². The predicted octanol–water partition coefficient (Wildman–Crippen LogP) is 9.61. The average Bonchev–Trinajstić information content (AvgIpc) is 3.81. The molecule has 0 amide bonds. The number of rotatable bonds is 5. The maximum atomic E-state index is 4.95. The summed E-state index contributed by atoms with van der Waals surface area (Å²) >= 11 is 0. The molecule has 3 heterocycles. The minimum atomic E-state index is 0. The van der Waals surface area contributed by atoms with Crippen LogP contribution in [0.25, 0.3) is 55.6 Å². The molecule has 1 aliphatic heterocycles. The van der Waals surface area contributed by atoms with Crippen molar-refractivity contribution in [3.8, 4) is 33.8 Å². The Bertz CT molecular complexity index is 2380. The molecule has 9 rings (SSSR count). The van der Waals surface area contributed by atoms with Gasteiger partial charge in [-0.2, -0.15) is 23.9 Å². The van der Waals surface area contributed by atoms with Gasteiger partial charge in [0.15, 0.2) is 0 Å². The molecular weight excluding hydrogens is 758 g/mol. The van der Waals surface area contributed by atoms with E-state index in [2.05, 4.69) is 168 Å². The fourth-order valence-electron chi connectivity index (χ4n) is 6.66. The van der Waals surface area contributed by atoms with Crippen molar-refractivity contribution in [2.75, 3.05) is 16.8 Å². The number of hydrogen-bond donors (Lipinski definition) is 0. The van der Waals surface area contributed by atoms with E-state index in [1.54, 1.807) is 0 Å². The summed E-state index contributed by atoms with van der Waals surface area (Å²) in [6.45, 7) is 2.11. The Hall–Kier alpha value is -5.38. The first-order valence-electron chi connectivity index (χ1n) is 15.4. The third-order valence-electron chi connectivity index (χ3n) is 8.77. The van der Waals surface area contributed by atoms with Crippen molar-refractivity contribution in [2.24, 2.45) is 0 Å². The Balaban J connectivity index is 0.00000324. The topological polar surface area (TPSA) is 29.2 Å². The largest absolute Gasteiger partial charge is 0.504 e. The number of nitrogens with zero attached hydrogens (tertiary/aromatic N) is 5. The summed E-state index contributed by atoms with van der Waals surface area (Å²) < 4.78 is 4.29. The second-order valence-corrected chi connectivity index (χ2v) is 11.5. The van der Waals surface area contributed by atoms with Crippen molar-refractivity contribution in [1.29, 1.82) is 0 Å². The van der Waals surface area contributed by atoms with Crippen molar-refractivity contribution in [3.05, 3.63) is 165 Å². The van der Waals surface area contributed by atoms with Crippen molar-refractivity contribution in [2.45, 2.75) is 0 Å². The summed E-state index contributed by atoms with van der Waals surface area (Å²) in [6, 6.07) is 56.1. The molecule has 47 heavy (non-hydrogen) atoms. The summed E-state index contributed by atoms with van der Waals surface area (Å²) in [4.78, 5) is 4.34. The summed E-state index contributed by atoms with van der Waals surface area (Å²) in [5, 5.41) is 7.25. The van der Waals surface area contributed by atoms with E-state index in [4.69, 9.17) is 5.10 Å². The van der Waals surface area contributed by atoms with Crippen LogP contribution in [-0.2, 0) is 21.1 Å². The second kappa shape index (κ2) is 11.8. The van der Waals surface area contributed by atoms with Crippen LogP contribution in [0, 0.1) is 18.8 Å². The third-order valence-corrected chi connectivity index (χ3v) is 8.77. The minimum Gasteiger partial charge on any atom is -0.504 e. The smallest absolute Gasteiger partial charge is 0.0794 e. The van der Waals surface area contributed by atoms with Gasteiger partial charge in [-0.25, -0.2) is 0 Å². The first-order chi connectivity index (χ1) is 22.7. The van der Waals surface area contributed by atoms with Crippen LogP contribution < -0.4 is 9.80 Å². The van der Waals surface area contributed by atoms with Gasteiger partial charge in [0, 0.05) is 49.1 Å². The Labute approximate surface area is 288 Å². The van der Waals surface area contributed by atoms with E-state index < -0.39 is 0 Å². The van der Waals surface area contributed by atoms with Crippen LogP contribution in [0.4, 0.5) is 17.1 Å². The van der Waals surface area contributed by atoms with Gasteiger partial charge in [-0.3, -0.25) is 4.68 Å². The molecular formula is C41H28N5Pt-3. The number of fused-ring (bicyclic) bond motifs is 4. The summed E-state index contributed by atoms with van der Waals surface area (Å²) in [5.41, 5.74) is 11.5. The van der Waals surface area contributed by atoms with E-state index in [1.807, 2.05) is 23.0 Å². The van der Waals surface area contributed by atoms with Gasteiger partial charge in [0.25, 0.3) is 0 Å². The summed E-state index contributed by atoms with van der Waals surface area (Å²) in [7, 11) is 2.08. The van der Waals surface area contributed by atoms with E-state index in [1.165, 1.54) is 11.1 Å². The van der Waals surface area contributed by atoms with Gasteiger partial charge in [-0.15, -0.1) is 41.4 Å². The van der Waals surface area contributed by atoms with Crippen LogP contribution in [0.2, 0.25) is 0 Å². The van der Waals surface area contributed by atoms with Gasteiger partial charge in [0.2, 0.25) is 0 Å². The molecule has 0 bridgehead atoms. The fraction of sp³-hybridized carbons (Fsp3) is 0.0244. The number of aromatic nitrogens is 3. The number of anilines is 3. The molecule has 6 heteroatoms. The number of para-hydroxylation sites is 3. The second-order valence-electron chi connectivity index (χ2n) is 11.5. The SMILES string of the molecule is CN1[CH-]N(c2[c-]c(-n3c4[c-]c(-n5ncc(-c6ccccc6)c5-c5ccccc5)ccc4c4ccccc43)ccc2)c2ccccc21.[Pt]. The molecule has 0 radical (unpaired) electrons. The first-order valence-corrected chi connectivity index (χ1v) is 15.4. The Kier molecular flexibility index (Phi) is 7.27. The molecule has 0 N–H and O–H groups in total. The third kappa shape index (κ3) is 4.78. The van der Waals surface area contributed by atoms with Crippen molar-refractivity contribution in [3.63, 3.8) is 0 Å². The van der Waals surface area contributed by atoms with Gasteiger partial charge in [0.05, 0.1) is 11.9 Å². The molecule has 230 valence electrons. The van der Waals surface area contributed by atoms with Crippen molar-refractivity contribution >= 4 is 38.9 Å². The van der Waals surface area contributed by atoms with E-state index >= 15 is 0 Å². The summed E-state index contributed by atoms with van der Waals surface area (Å²) in [5.74, 6) is 0. The average molecular weight is 786 g/mol. The Morgan fingerprint density at radius 3 is 2.06 bits per heavy atom. The quantitative estimate of drug-likeness (QED) is 0.163. The molecule has 5 nitrogen and oxygen atoms in total. The molecule has 6 aromatic carbocycles. The molecule has 0 spiro atoms. The predicted molar refractivity (Wildman–Crippen MR) is 188 cm³/mol. The van der Waals surface area contributed by atoms with Crippen LogP contribution in [-0.4, -0.2) is 21.4 Å². The molecule has 8 aromatic rings. The number of benzene rings is 6. The van der Waals surface area contributed by atoms with Gasteiger partial charge < -0.3 is 14.4 Å². The van der Waals surface area contributed by atoms with E-state index in [0.717, 1.165) is 61.6 Å². The normalized spacial score (nSPS) is 12.4. The number of hydrogen-bond acceptors (Lipinski definition) is 3. The molecule has 0 fully saturated rings. The zero-order valence-electron chi connectivity index (χ0n) is 25.5. The first kappa shape index (κ1) is 29.0.